The lowest BCUT2D eigenvalue weighted by Crippen LogP contribution is -2.26. The first-order valence-electron chi connectivity index (χ1n) is 5.47. The molecule has 0 aromatic carbocycles. The van der Waals surface area contributed by atoms with Crippen molar-refractivity contribution >= 4 is 22.1 Å². The highest BCUT2D eigenvalue weighted by Gasteiger charge is 2.35. The van der Waals surface area contributed by atoms with Crippen molar-refractivity contribution in [1.82, 2.24) is 9.97 Å². The topological polar surface area (TPSA) is 131 Å². The Morgan fingerprint density at radius 3 is 2.65 bits per heavy atom. The first kappa shape index (κ1) is 14.0. The number of nitriles is 2. The summed E-state index contributed by atoms with van der Waals surface area (Å²) in [4.78, 5) is 19.2. The molecule has 0 saturated carbocycles. The molecular formula is C10H8FN5O3S. The summed E-state index contributed by atoms with van der Waals surface area (Å²) in [6, 6.07) is 3.42. The zero-order valence-electron chi connectivity index (χ0n) is 10.00. The summed E-state index contributed by atoms with van der Waals surface area (Å²) in [5, 5.41) is 17.5. The van der Waals surface area contributed by atoms with Gasteiger partial charge in [-0.3, -0.25) is 9.69 Å². The molecule has 1 aromatic heterocycles. The number of nitrogens with one attached hydrogen (secondary N) is 1. The van der Waals surface area contributed by atoms with Crippen LogP contribution >= 0.6 is 0 Å². The normalized spacial score (nSPS) is 18.9. The number of halogens is 1. The fourth-order valence-corrected chi connectivity index (χ4v) is 2.82. The number of carbonyl (C=O) groups excluding carboxylic acids is 1. The van der Waals surface area contributed by atoms with Gasteiger partial charge in [0, 0.05) is 18.9 Å². The summed E-state index contributed by atoms with van der Waals surface area (Å²) in [6.07, 6.45) is -0.131. The number of hydrogen-bond donors (Lipinski definition) is 1. The first-order valence-corrected chi connectivity index (χ1v) is 7.02. The molecule has 20 heavy (non-hydrogen) atoms. The van der Waals surface area contributed by atoms with Crippen molar-refractivity contribution in [2.75, 3.05) is 17.2 Å². The molecule has 1 saturated heterocycles. The van der Waals surface area contributed by atoms with Gasteiger partial charge in [-0.1, -0.05) is 0 Å². The maximum Gasteiger partial charge on any atom is 0.302 e. The first-order chi connectivity index (χ1) is 9.34. The van der Waals surface area contributed by atoms with Crippen LogP contribution in [-0.2, 0) is 15.0 Å². The second-order valence-electron chi connectivity index (χ2n) is 4.29. The van der Waals surface area contributed by atoms with E-state index in [9.17, 15) is 17.1 Å². The van der Waals surface area contributed by atoms with Crippen LogP contribution in [0.4, 0.5) is 9.83 Å². The van der Waals surface area contributed by atoms with Gasteiger partial charge in [-0.25, -0.2) is 4.98 Å². The third kappa shape index (κ3) is 2.75. The third-order valence-electron chi connectivity index (χ3n) is 2.80. The predicted molar refractivity (Wildman–Crippen MR) is 63.4 cm³/mol. The van der Waals surface area contributed by atoms with Gasteiger partial charge in [-0.2, -0.15) is 18.9 Å². The summed E-state index contributed by atoms with van der Waals surface area (Å²) >= 11 is 0. The molecule has 0 spiro atoms. The molecule has 1 unspecified atom stereocenters. The van der Waals surface area contributed by atoms with E-state index in [4.69, 9.17) is 10.5 Å². The molecule has 2 heterocycles. The van der Waals surface area contributed by atoms with Crippen LogP contribution in [0.5, 0.6) is 0 Å². The Kier molecular flexibility index (Phi) is 3.42. The molecule has 1 N–H and O–H groups in total. The van der Waals surface area contributed by atoms with Crippen molar-refractivity contribution in [2.45, 2.75) is 6.42 Å². The number of H-pyrrole nitrogens is 1. The highest BCUT2D eigenvalue weighted by Crippen LogP contribution is 2.25. The number of rotatable bonds is 3. The van der Waals surface area contributed by atoms with Crippen molar-refractivity contribution in [3.05, 3.63) is 11.4 Å². The van der Waals surface area contributed by atoms with Gasteiger partial charge in [-0.05, 0) is 0 Å². The highest BCUT2D eigenvalue weighted by atomic mass is 32.3. The van der Waals surface area contributed by atoms with Gasteiger partial charge < -0.3 is 4.98 Å². The quantitative estimate of drug-likeness (QED) is 0.769. The minimum atomic E-state index is -4.66. The molecule has 104 valence electrons. The zero-order valence-corrected chi connectivity index (χ0v) is 10.8. The van der Waals surface area contributed by atoms with Crippen LogP contribution in [0.25, 0.3) is 0 Å². The van der Waals surface area contributed by atoms with Gasteiger partial charge >= 0.3 is 10.2 Å². The van der Waals surface area contributed by atoms with E-state index in [1.165, 1.54) is 0 Å². The maximum absolute atomic E-state index is 12.6. The SMILES string of the molecule is N#Cc1nc(N2CC(CS(=O)(=O)F)CC2=O)[nH]c1C#N. The summed E-state index contributed by atoms with van der Waals surface area (Å²) in [7, 11) is -4.66. The predicted octanol–water partition coefficient (Wildman–Crippen LogP) is -0.195. The van der Waals surface area contributed by atoms with Gasteiger partial charge in [-0.15, -0.1) is 3.89 Å². The number of hydrogen-bond acceptors (Lipinski definition) is 6. The average Bonchev–Trinajstić information content (AvgIpc) is 2.90. The van der Waals surface area contributed by atoms with Crippen molar-refractivity contribution in [2.24, 2.45) is 5.92 Å². The van der Waals surface area contributed by atoms with Gasteiger partial charge in [0.05, 0.1) is 5.75 Å². The number of anilines is 1. The van der Waals surface area contributed by atoms with Gasteiger partial charge in [0.1, 0.15) is 12.1 Å². The molecule has 0 aliphatic carbocycles. The van der Waals surface area contributed by atoms with Crippen molar-refractivity contribution in [3.63, 3.8) is 0 Å². The maximum atomic E-state index is 12.6. The van der Waals surface area contributed by atoms with E-state index in [1.54, 1.807) is 12.1 Å². The summed E-state index contributed by atoms with van der Waals surface area (Å²) < 4.78 is 33.8. The Balaban J connectivity index is 2.23. The van der Waals surface area contributed by atoms with Crippen LogP contribution in [0.1, 0.15) is 17.8 Å². The molecule has 1 fully saturated rings. The number of carbonyl (C=O) groups is 1. The Labute approximate surface area is 113 Å². The minimum Gasteiger partial charge on any atom is -0.314 e. The Hall–Kier alpha value is -2.46. The lowest BCUT2D eigenvalue weighted by atomic mass is 10.1. The van der Waals surface area contributed by atoms with E-state index in [0.717, 1.165) is 4.90 Å². The third-order valence-corrected chi connectivity index (χ3v) is 3.67. The highest BCUT2D eigenvalue weighted by molar-refractivity contribution is 7.86. The van der Waals surface area contributed by atoms with Crippen LogP contribution in [0.3, 0.4) is 0 Å². The van der Waals surface area contributed by atoms with Crippen molar-refractivity contribution in [1.29, 1.82) is 10.5 Å². The lowest BCUT2D eigenvalue weighted by molar-refractivity contribution is -0.117. The Morgan fingerprint density at radius 2 is 2.15 bits per heavy atom. The van der Waals surface area contributed by atoms with Crippen LogP contribution < -0.4 is 4.90 Å². The van der Waals surface area contributed by atoms with Gasteiger partial charge in [0.25, 0.3) is 0 Å². The van der Waals surface area contributed by atoms with E-state index in [2.05, 4.69) is 9.97 Å². The average molecular weight is 297 g/mol. The van der Waals surface area contributed by atoms with E-state index < -0.39 is 27.8 Å². The lowest BCUT2D eigenvalue weighted by Gasteiger charge is -2.12. The summed E-state index contributed by atoms with van der Waals surface area (Å²) in [6.45, 7) is -0.0365. The molecule has 8 nitrogen and oxygen atoms in total. The fraction of sp³-hybridized carbons (Fsp3) is 0.400. The molecule has 1 amide bonds. The Morgan fingerprint density at radius 1 is 1.45 bits per heavy atom. The minimum absolute atomic E-state index is 0.0122. The van der Waals surface area contributed by atoms with Gasteiger partial charge in [0.2, 0.25) is 11.9 Å². The van der Waals surface area contributed by atoms with Crippen LogP contribution in [0.2, 0.25) is 0 Å². The number of amides is 1. The van der Waals surface area contributed by atoms with E-state index in [0.29, 0.717) is 0 Å². The molecule has 1 atom stereocenters. The van der Waals surface area contributed by atoms with E-state index >= 15 is 0 Å². The second kappa shape index (κ2) is 4.90. The number of aromatic amines is 1. The molecule has 2 rings (SSSR count). The molecule has 1 aromatic rings. The molecule has 0 radical (unpaired) electrons. The van der Waals surface area contributed by atoms with E-state index in [-0.39, 0.29) is 30.3 Å². The van der Waals surface area contributed by atoms with Crippen LogP contribution in [0, 0.1) is 28.6 Å². The summed E-state index contributed by atoms with van der Waals surface area (Å²) in [5.74, 6) is -1.88. The molecule has 10 heteroatoms. The molecule has 1 aliphatic rings. The second-order valence-corrected chi connectivity index (χ2v) is 5.70. The largest absolute Gasteiger partial charge is 0.314 e. The van der Waals surface area contributed by atoms with Crippen molar-refractivity contribution in [3.8, 4) is 12.1 Å². The standard InChI is InChI=1S/C10H8FN5O3S/c11-20(18,19)5-6-1-9(17)16(4-6)10-14-7(2-12)8(3-13)15-10/h6H,1,4-5H2,(H,14,15). The zero-order chi connectivity index (χ0) is 14.9. The molecule has 1 aliphatic heterocycles. The monoisotopic (exact) mass is 297 g/mol. The van der Waals surface area contributed by atoms with Crippen LogP contribution in [0.15, 0.2) is 0 Å². The Bertz CT molecular complexity index is 710. The van der Waals surface area contributed by atoms with Crippen LogP contribution in [-0.4, -0.2) is 36.6 Å². The molecular weight excluding hydrogens is 289 g/mol. The summed E-state index contributed by atoms with van der Waals surface area (Å²) in [5.41, 5.74) is -0.242. The van der Waals surface area contributed by atoms with E-state index in [1.807, 2.05) is 0 Å². The number of imidazole rings is 1. The van der Waals surface area contributed by atoms with Gasteiger partial charge in [0.15, 0.2) is 11.4 Å². The smallest absolute Gasteiger partial charge is 0.302 e. The molecule has 0 bridgehead atoms. The number of nitrogens with zero attached hydrogens (tertiary/aromatic N) is 4. The fourth-order valence-electron chi connectivity index (χ4n) is 2.03. The number of aromatic nitrogens is 2. The van der Waals surface area contributed by atoms with Crippen molar-refractivity contribution < 1.29 is 17.1 Å².